The predicted molar refractivity (Wildman–Crippen MR) is 74.4 cm³/mol. The van der Waals surface area contributed by atoms with E-state index in [0.717, 1.165) is 19.3 Å². The van der Waals surface area contributed by atoms with Crippen molar-refractivity contribution in [2.75, 3.05) is 26.7 Å². The number of hydrogen-bond donors (Lipinski definition) is 2. The molecule has 0 bridgehead atoms. The van der Waals surface area contributed by atoms with Gasteiger partial charge in [0.2, 0.25) is 0 Å². The molecule has 1 fully saturated rings. The van der Waals surface area contributed by atoms with Crippen LogP contribution in [-0.4, -0.2) is 39.4 Å². The smallest absolute Gasteiger partial charge is 0.279 e. The molecule has 1 aliphatic carbocycles. The van der Waals surface area contributed by atoms with Crippen LogP contribution in [-0.2, 0) is 10.2 Å². The van der Waals surface area contributed by atoms with Gasteiger partial charge in [0.25, 0.3) is 10.2 Å². The van der Waals surface area contributed by atoms with Gasteiger partial charge < -0.3 is 5.73 Å². The zero-order valence-electron chi connectivity index (χ0n) is 11.6. The lowest BCUT2D eigenvalue weighted by atomic mass is 9.84. The lowest BCUT2D eigenvalue weighted by Crippen LogP contribution is -2.43. The molecule has 5 nitrogen and oxygen atoms in total. The van der Waals surface area contributed by atoms with E-state index < -0.39 is 10.2 Å². The first-order valence-electron chi connectivity index (χ1n) is 6.87. The van der Waals surface area contributed by atoms with Gasteiger partial charge in [-0.3, -0.25) is 0 Å². The molecule has 6 heteroatoms. The van der Waals surface area contributed by atoms with E-state index >= 15 is 0 Å². The predicted octanol–water partition coefficient (Wildman–Crippen LogP) is 1.07. The summed E-state index contributed by atoms with van der Waals surface area (Å²) >= 11 is 0. The summed E-state index contributed by atoms with van der Waals surface area (Å²) in [5.74, 6) is 0. The van der Waals surface area contributed by atoms with Crippen molar-refractivity contribution in [2.24, 2.45) is 11.1 Å². The van der Waals surface area contributed by atoms with Gasteiger partial charge in [-0.25, -0.2) is 4.72 Å². The van der Waals surface area contributed by atoms with Crippen molar-refractivity contribution < 1.29 is 8.42 Å². The molecule has 0 unspecified atom stereocenters. The summed E-state index contributed by atoms with van der Waals surface area (Å²) in [4.78, 5) is 0. The first-order valence-corrected chi connectivity index (χ1v) is 8.31. The van der Waals surface area contributed by atoms with Crippen LogP contribution in [0, 0.1) is 5.41 Å². The van der Waals surface area contributed by atoms with Crippen LogP contribution in [0.1, 0.15) is 45.4 Å². The number of nitrogens with zero attached hydrogens (tertiary/aromatic N) is 1. The van der Waals surface area contributed by atoms with Gasteiger partial charge in [0.05, 0.1) is 0 Å². The number of rotatable bonds is 8. The van der Waals surface area contributed by atoms with Gasteiger partial charge in [0, 0.05) is 20.1 Å². The average Bonchev–Trinajstić information content (AvgIpc) is 2.83. The second kappa shape index (κ2) is 6.84. The summed E-state index contributed by atoms with van der Waals surface area (Å²) in [7, 11) is -1.74. The van der Waals surface area contributed by atoms with E-state index in [4.69, 9.17) is 5.73 Å². The first-order chi connectivity index (χ1) is 8.46. The summed E-state index contributed by atoms with van der Waals surface area (Å²) in [5, 5.41) is 0. The van der Waals surface area contributed by atoms with Crippen LogP contribution in [0.15, 0.2) is 0 Å². The monoisotopic (exact) mass is 277 g/mol. The molecule has 0 atom stereocenters. The Morgan fingerprint density at radius 1 is 1.33 bits per heavy atom. The third kappa shape index (κ3) is 4.19. The van der Waals surface area contributed by atoms with E-state index in [-0.39, 0.29) is 5.41 Å². The van der Waals surface area contributed by atoms with Gasteiger partial charge in [-0.05, 0) is 37.6 Å². The highest BCUT2D eigenvalue weighted by Crippen LogP contribution is 2.40. The maximum Gasteiger partial charge on any atom is 0.279 e. The van der Waals surface area contributed by atoms with Gasteiger partial charge in [0.15, 0.2) is 0 Å². The van der Waals surface area contributed by atoms with Gasteiger partial charge in [0.1, 0.15) is 0 Å². The Morgan fingerprint density at radius 2 is 1.94 bits per heavy atom. The molecule has 0 heterocycles. The summed E-state index contributed by atoms with van der Waals surface area (Å²) in [6.45, 7) is 3.71. The van der Waals surface area contributed by atoms with Crippen molar-refractivity contribution in [3.63, 3.8) is 0 Å². The molecule has 0 aliphatic heterocycles. The van der Waals surface area contributed by atoms with Crippen molar-refractivity contribution in [1.29, 1.82) is 0 Å². The fourth-order valence-electron chi connectivity index (χ4n) is 2.57. The van der Waals surface area contributed by atoms with E-state index in [9.17, 15) is 8.42 Å². The van der Waals surface area contributed by atoms with Crippen molar-refractivity contribution in [3.8, 4) is 0 Å². The molecule has 0 aromatic rings. The third-order valence-electron chi connectivity index (χ3n) is 4.13. The highest BCUT2D eigenvalue weighted by Gasteiger charge is 2.33. The van der Waals surface area contributed by atoms with Crippen molar-refractivity contribution in [3.05, 3.63) is 0 Å². The Hall–Kier alpha value is -0.170. The molecule has 3 N–H and O–H groups in total. The van der Waals surface area contributed by atoms with Gasteiger partial charge >= 0.3 is 0 Å². The highest BCUT2D eigenvalue weighted by atomic mass is 32.2. The summed E-state index contributed by atoms with van der Waals surface area (Å²) < 4.78 is 28.2. The summed E-state index contributed by atoms with van der Waals surface area (Å²) in [6, 6.07) is 0. The Morgan fingerprint density at radius 3 is 2.44 bits per heavy atom. The maximum atomic E-state index is 12.0. The lowest BCUT2D eigenvalue weighted by molar-refractivity contribution is 0.282. The Bertz CT molecular complexity index is 337. The molecule has 108 valence electrons. The van der Waals surface area contributed by atoms with E-state index in [1.165, 1.54) is 17.1 Å². The summed E-state index contributed by atoms with van der Waals surface area (Å²) in [5.41, 5.74) is 5.58. The van der Waals surface area contributed by atoms with Gasteiger partial charge in [-0.2, -0.15) is 12.7 Å². The molecule has 1 aliphatic rings. The van der Waals surface area contributed by atoms with Gasteiger partial charge in [-0.15, -0.1) is 0 Å². The van der Waals surface area contributed by atoms with Crippen LogP contribution in [0.25, 0.3) is 0 Å². The van der Waals surface area contributed by atoms with Crippen molar-refractivity contribution in [2.45, 2.75) is 45.4 Å². The minimum atomic E-state index is -3.34. The second-order valence-corrected chi connectivity index (χ2v) is 7.21. The number of hydrogen-bond acceptors (Lipinski definition) is 3. The Kier molecular flexibility index (Phi) is 6.04. The normalized spacial score (nSPS) is 19.6. The molecule has 18 heavy (non-hydrogen) atoms. The highest BCUT2D eigenvalue weighted by molar-refractivity contribution is 7.87. The molecule has 0 aromatic heterocycles. The Balaban J connectivity index is 2.50. The lowest BCUT2D eigenvalue weighted by Gasteiger charge is -2.28. The van der Waals surface area contributed by atoms with E-state index in [2.05, 4.69) is 11.6 Å². The number of nitrogens with two attached hydrogens (primary N) is 1. The van der Waals surface area contributed by atoms with Crippen molar-refractivity contribution in [1.82, 2.24) is 9.03 Å². The minimum absolute atomic E-state index is 0.182. The maximum absolute atomic E-state index is 12.0. The second-order valence-electron chi connectivity index (χ2n) is 5.35. The fourth-order valence-corrected chi connectivity index (χ4v) is 3.65. The zero-order chi connectivity index (χ0) is 13.6. The molecule has 0 spiro atoms. The molecular weight excluding hydrogens is 250 g/mol. The van der Waals surface area contributed by atoms with E-state index in [1.54, 1.807) is 7.05 Å². The topological polar surface area (TPSA) is 75.4 Å². The van der Waals surface area contributed by atoms with Crippen LogP contribution >= 0.6 is 0 Å². The van der Waals surface area contributed by atoms with E-state index in [1.807, 2.05) is 0 Å². The van der Waals surface area contributed by atoms with E-state index in [0.29, 0.717) is 26.1 Å². The SMILES string of the molecule is CCC1(CNS(=O)(=O)N(C)CCCN)CCCC1. The van der Waals surface area contributed by atoms with Gasteiger partial charge in [-0.1, -0.05) is 19.8 Å². The minimum Gasteiger partial charge on any atom is -0.330 e. The van der Waals surface area contributed by atoms with Crippen LogP contribution in [0.4, 0.5) is 0 Å². The molecule has 1 rings (SSSR count). The quantitative estimate of drug-likeness (QED) is 0.697. The molecule has 0 amide bonds. The van der Waals surface area contributed by atoms with Crippen LogP contribution in [0.5, 0.6) is 0 Å². The fraction of sp³-hybridized carbons (Fsp3) is 1.00. The van der Waals surface area contributed by atoms with Crippen LogP contribution in [0.2, 0.25) is 0 Å². The van der Waals surface area contributed by atoms with Crippen molar-refractivity contribution >= 4 is 10.2 Å². The van der Waals surface area contributed by atoms with Crippen LogP contribution < -0.4 is 10.5 Å². The van der Waals surface area contributed by atoms with Crippen LogP contribution in [0.3, 0.4) is 0 Å². The standard InChI is InChI=1S/C12H27N3O2S/c1-3-12(7-4-5-8-12)11-14-18(16,17)15(2)10-6-9-13/h14H,3-11,13H2,1-2H3. The Labute approximate surface area is 111 Å². The zero-order valence-corrected chi connectivity index (χ0v) is 12.4. The average molecular weight is 277 g/mol. The molecule has 0 aromatic carbocycles. The number of nitrogens with one attached hydrogen (secondary N) is 1. The largest absolute Gasteiger partial charge is 0.330 e. The first kappa shape index (κ1) is 15.9. The summed E-state index contributed by atoms with van der Waals surface area (Å²) in [6.07, 6.45) is 6.45. The molecule has 0 saturated heterocycles. The molecular formula is C12H27N3O2S. The molecule has 0 radical (unpaired) electrons. The molecule has 1 saturated carbocycles. The third-order valence-corrected chi connectivity index (χ3v) is 5.64.